The van der Waals surface area contributed by atoms with Gasteiger partial charge in [-0.2, -0.15) is 10.4 Å². The van der Waals surface area contributed by atoms with Crippen LogP contribution in [0.5, 0.6) is 0 Å². The number of hydrogen-bond donors (Lipinski definition) is 1. The molecule has 2 rings (SSSR count). The van der Waals surface area contributed by atoms with E-state index < -0.39 is 5.97 Å². The van der Waals surface area contributed by atoms with Crippen LogP contribution in [0.4, 0.5) is 5.82 Å². The molecule has 112 valence electrons. The van der Waals surface area contributed by atoms with Crippen LogP contribution in [0.15, 0.2) is 0 Å². The Kier molecular flexibility index (Phi) is 4.73. The van der Waals surface area contributed by atoms with E-state index in [1.165, 1.54) is 0 Å². The molecule has 0 saturated carbocycles. The van der Waals surface area contributed by atoms with Gasteiger partial charge in [0, 0.05) is 19.0 Å². The predicted octanol–water partition coefficient (Wildman–Crippen LogP) is 2.19. The van der Waals surface area contributed by atoms with Crippen LogP contribution in [-0.2, 0) is 4.79 Å². The molecule has 1 unspecified atom stereocenters. The number of hydrogen-bond acceptors (Lipinski definition) is 5. The van der Waals surface area contributed by atoms with Crippen molar-refractivity contribution in [2.75, 3.05) is 11.4 Å². The molecule has 21 heavy (non-hydrogen) atoms. The van der Waals surface area contributed by atoms with Crippen molar-refractivity contribution < 1.29 is 9.90 Å². The van der Waals surface area contributed by atoms with Gasteiger partial charge in [0.1, 0.15) is 11.6 Å². The van der Waals surface area contributed by atoms with Gasteiger partial charge in [0.2, 0.25) is 0 Å². The fraction of sp³-hybridized carbons (Fsp3) is 0.600. The monoisotopic (exact) mass is 288 g/mol. The van der Waals surface area contributed by atoms with Crippen LogP contribution in [0, 0.1) is 25.2 Å². The summed E-state index contributed by atoms with van der Waals surface area (Å²) in [5, 5.41) is 26.7. The lowest BCUT2D eigenvalue weighted by atomic mass is 9.97. The molecule has 0 aromatic carbocycles. The molecule has 1 fully saturated rings. The van der Waals surface area contributed by atoms with Crippen molar-refractivity contribution in [3.8, 4) is 6.07 Å². The molecule has 0 spiro atoms. The van der Waals surface area contributed by atoms with E-state index in [9.17, 15) is 10.1 Å². The summed E-state index contributed by atoms with van der Waals surface area (Å²) in [5.41, 5.74) is 2.17. The van der Waals surface area contributed by atoms with Crippen molar-refractivity contribution in [2.45, 2.75) is 52.0 Å². The molecule has 6 heteroatoms. The third kappa shape index (κ3) is 3.30. The van der Waals surface area contributed by atoms with E-state index in [0.29, 0.717) is 17.8 Å². The van der Waals surface area contributed by atoms with Crippen LogP contribution >= 0.6 is 0 Å². The predicted molar refractivity (Wildman–Crippen MR) is 78.1 cm³/mol. The Balaban J connectivity index is 2.31. The highest BCUT2D eigenvalue weighted by atomic mass is 16.4. The standard InChI is InChI=1S/C15H20N4O2/c1-10-11(2)17-18-15(13(10)9-16)19-8-4-3-5-12(19)6-7-14(20)21/h12H,3-8H2,1-2H3,(H,20,21). The molecule has 1 atom stereocenters. The summed E-state index contributed by atoms with van der Waals surface area (Å²) < 4.78 is 0. The lowest BCUT2D eigenvalue weighted by Gasteiger charge is -2.37. The van der Waals surface area contributed by atoms with Gasteiger partial charge in [-0.05, 0) is 45.1 Å². The SMILES string of the molecule is Cc1nnc(N2CCCCC2CCC(=O)O)c(C#N)c1C. The molecule has 0 radical (unpaired) electrons. The summed E-state index contributed by atoms with van der Waals surface area (Å²) in [6.07, 6.45) is 3.77. The van der Waals surface area contributed by atoms with Crippen molar-refractivity contribution >= 4 is 11.8 Å². The summed E-state index contributed by atoms with van der Waals surface area (Å²) in [7, 11) is 0. The third-order valence-electron chi connectivity index (χ3n) is 4.14. The second-order valence-corrected chi connectivity index (χ2v) is 5.50. The number of nitrogens with zero attached hydrogens (tertiary/aromatic N) is 4. The zero-order valence-electron chi connectivity index (χ0n) is 12.5. The molecule has 0 bridgehead atoms. The van der Waals surface area contributed by atoms with Crippen LogP contribution in [0.3, 0.4) is 0 Å². The molecule has 1 aromatic rings. The molecule has 0 aliphatic carbocycles. The minimum atomic E-state index is -0.785. The second kappa shape index (κ2) is 6.53. The second-order valence-electron chi connectivity index (χ2n) is 5.50. The number of anilines is 1. The van der Waals surface area contributed by atoms with Crippen LogP contribution in [0.1, 0.15) is 48.9 Å². The third-order valence-corrected chi connectivity index (χ3v) is 4.14. The Bertz CT molecular complexity index is 580. The first-order chi connectivity index (χ1) is 10.0. The van der Waals surface area contributed by atoms with E-state index in [-0.39, 0.29) is 12.5 Å². The summed E-state index contributed by atoms with van der Waals surface area (Å²) in [6.45, 7) is 4.52. The molecule has 0 amide bonds. The van der Waals surface area contributed by atoms with Crippen LogP contribution in [0.25, 0.3) is 0 Å². The number of aliphatic carboxylic acids is 1. The maximum absolute atomic E-state index is 10.8. The Labute approximate surface area is 124 Å². The maximum Gasteiger partial charge on any atom is 0.303 e. The quantitative estimate of drug-likeness (QED) is 0.913. The summed E-state index contributed by atoms with van der Waals surface area (Å²) in [4.78, 5) is 12.9. The van der Waals surface area contributed by atoms with Gasteiger partial charge in [0.25, 0.3) is 0 Å². The van der Waals surface area contributed by atoms with Crippen molar-refractivity contribution in [1.82, 2.24) is 10.2 Å². The molecular formula is C15H20N4O2. The van der Waals surface area contributed by atoms with Gasteiger partial charge in [0.15, 0.2) is 5.82 Å². The van der Waals surface area contributed by atoms with E-state index in [0.717, 1.165) is 37.1 Å². The highest BCUT2D eigenvalue weighted by Crippen LogP contribution is 2.29. The normalized spacial score (nSPS) is 18.3. The van der Waals surface area contributed by atoms with Gasteiger partial charge in [-0.25, -0.2) is 0 Å². The lowest BCUT2D eigenvalue weighted by molar-refractivity contribution is -0.137. The number of carboxylic acids is 1. The highest BCUT2D eigenvalue weighted by Gasteiger charge is 2.27. The van der Waals surface area contributed by atoms with Crippen molar-refractivity contribution in [1.29, 1.82) is 5.26 Å². The van der Waals surface area contributed by atoms with Gasteiger partial charge in [-0.1, -0.05) is 0 Å². The molecule has 1 aliphatic rings. The van der Waals surface area contributed by atoms with Gasteiger partial charge in [-0.15, -0.1) is 5.10 Å². The molecule has 6 nitrogen and oxygen atoms in total. The fourth-order valence-corrected chi connectivity index (χ4v) is 2.80. The molecule has 1 aromatic heterocycles. The molecular weight excluding hydrogens is 268 g/mol. The fourth-order valence-electron chi connectivity index (χ4n) is 2.80. The van der Waals surface area contributed by atoms with Crippen LogP contribution in [0.2, 0.25) is 0 Å². The first kappa shape index (κ1) is 15.2. The number of aryl methyl sites for hydroxylation is 1. The van der Waals surface area contributed by atoms with E-state index in [2.05, 4.69) is 21.2 Å². The number of carbonyl (C=O) groups is 1. The lowest BCUT2D eigenvalue weighted by Crippen LogP contribution is -2.41. The van der Waals surface area contributed by atoms with E-state index in [1.54, 1.807) is 0 Å². The van der Waals surface area contributed by atoms with Gasteiger partial charge < -0.3 is 10.0 Å². The molecule has 1 saturated heterocycles. The Morgan fingerprint density at radius 2 is 2.19 bits per heavy atom. The van der Waals surface area contributed by atoms with Crippen molar-refractivity contribution in [3.63, 3.8) is 0 Å². The van der Waals surface area contributed by atoms with Crippen molar-refractivity contribution in [2.24, 2.45) is 0 Å². The van der Waals surface area contributed by atoms with E-state index >= 15 is 0 Å². The van der Waals surface area contributed by atoms with Crippen LogP contribution < -0.4 is 4.90 Å². The minimum absolute atomic E-state index is 0.123. The summed E-state index contributed by atoms with van der Waals surface area (Å²) in [6, 6.07) is 2.35. The number of nitriles is 1. The molecule has 1 aliphatic heterocycles. The largest absolute Gasteiger partial charge is 0.481 e. The van der Waals surface area contributed by atoms with Gasteiger partial charge >= 0.3 is 5.97 Å². The Hall–Kier alpha value is -2.16. The Morgan fingerprint density at radius 3 is 2.86 bits per heavy atom. The number of rotatable bonds is 4. The maximum atomic E-state index is 10.8. The first-order valence-electron chi connectivity index (χ1n) is 7.27. The molecule has 1 N–H and O–H groups in total. The number of aromatic nitrogens is 2. The average molecular weight is 288 g/mol. The minimum Gasteiger partial charge on any atom is -0.481 e. The zero-order valence-corrected chi connectivity index (χ0v) is 12.5. The van der Waals surface area contributed by atoms with Gasteiger partial charge in [-0.3, -0.25) is 4.79 Å². The van der Waals surface area contributed by atoms with E-state index in [4.69, 9.17) is 5.11 Å². The summed E-state index contributed by atoms with van der Waals surface area (Å²) in [5.74, 6) is -0.178. The number of piperidine rings is 1. The topological polar surface area (TPSA) is 90.1 Å². The summed E-state index contributed by atoms with van der Waals surface area (Å²) >= 11 is 0. The van der Waals surface area contributed by atoms with Crippen LogP contribution in [-0.4, -0.2) is 33.9 Å². The van der Waals surface area contributed by atoms with Gasteiger partial charge in [0.05, 0.1) is 5.69 Å². The van der Waals surface area contributed by atoms with E-state index in [1.807, 2.05) is 13.8 Å². The highest BCUT2D eigenvalue weighted by molar-refractivity contribution is 5.67. The first-order valence-corrected chi connectivity index (χ1v) is 7.27. The zero-order chi connectivity index (χ0) is 15.4. The Morgan fingerprint density at radius 1 is 1.43 bits per heavy atom. The van der Waals surface area contributed by atoms with Crippen molar-refractivity contribution in [3.05, 3.63) is 16.8 Å². The number of carboxylic acid groups (broad SMARTS) is 1. The smallest absolute Gasteiger partial charge is 0.303 e. The average Bonchev–Trinajstić information content (AvgIpc) is 2.48. The molecule has 2 heterocycles.